The molecule has 0 radical (unpaired) electrons. The van der Waals surface area contributed by atoms with Crippen LogP contribution >= 0.6 is 11.3 Å². The number of para-hydroxylation sites is 1. The first kappa shape index (κ1) is 16.1. The number of nitrogens with zero attached hydrogens (tertiary/aromatic N) is 1. The first-order valence-electron chi connectivity index (χ1n) is 7.22. The smallest absolute Gasteiger partial charge is 0.347 e. The quantitative estimate of drug-likeness (QED) is 0.739. The summed E-state index contributed by atoms with van der Waals surface area (Å²) in [6.45, 7) is 1.96. The van der Waals surface area contributed by atoms with Gasteiger partial charge in [0.05, 0.1) is 11.3 Å². The van der Waals surface area contributed by atoms with Gasteiger partial charge in [0.1, 0.15) is 28.1 Å². The summed E-state index contributed by atoms with van der Waals surface area (Å²) < 4.78 is 18.8. The van der Waals surface area contributed by atoms with E-state index in [-0.39, 0.29) is 17.3 Å². The molecule has 6 heteroatoms. The Morgan fingerprint density at radius 1 is 1.21 bits per heavy atom. The van der Waals surface area contributed by atoms with E-state index < -0.39 is 5.97 Å². The van der Waals surface area contributed by atoms with Crippen LogP contribution in [-0.4, -0.2) is 16.1 Å². The molecule has 0 spiro atoms. The molecule has 0 fully saturated rings. The second-order valence-electron chi connectivity index (χ2n) is 5.15. The number of benzene rings is 2. The lowest BCUT2D eigenvalue weighted by molar-refractivity contribution is 0.0701. The normalized spacial score (nSPS) is 10.6. The van der Waals surface area contributed by atoms with Gasteiger partial charge in [-0.2, -0.15) is 0 Å². The molecule has 122 valence electrons. The fourth-order valence-corrected chi connectivity index (χ4v) is 3.16. The average molecular weight is 343 g/mol. The molecule has 0 saturated heterocycles. The number of carbonyl (C=O) groups is 1. The molecule has 0 bridgehead atoms. The van der Waals surface area contributed by atoms with Crippen molar-refractivity contribution in [1.82, 2.24) is 4.98 Å². The van der Waals surface area contributed by atoms with Gasteiger partial charge in [-0.15, -0.1) is 11.3 Å². The number of aryl methyl sites for hydroxylation is 1. The highest BCUT2D eigenvalue weighted by Crippen LogP contribution is 2.34. The van der Waals surface area contributed by atoms with Gasteiger partial charge in [-0.05, 0) is 36.8 Å². The number of carboxylic acid groups (broad SMARTS) is 1. The van der Waals surface area contributed by atoms with Gasteiger partial charge in [0.15, 0.2) is 0 Å². The number of ether oxygens (including phenoxy) is 1. The van der Waals surface area contributed by atoms with Crippen molar-refractivity contribution in [2.45, 2.75) is 13.5 Å². The standard InChI is InChI=1S/C18H14FNO3S/c1-11-16(18(21)22)24-17(20-11)14-4-2-3-5-15(14)23-10-12-6-8-13(19)9-7-12/h2-9H,10H2,1H3,(H,21,22). The van der Waals surface area contributed by atoms with Crippen molar-refractivity contribution in [1.29, 1.82) is 0 Å². The number of hydrogen-bond donors (Lipinski definition) is 1. The van der Waals surface area contributed by atoms with Crippen LogP contribution in [-0.2, 0) is 6.61 Å². The zero-order chi connectivity index (χ0) is 17.1. The van der Waals surface area contributed by atoms with Crippen molar-refractivity contribution in [2.24, 2.45) is 0 Å². The summed E-state index contributed by atoms with van der Waals surface area (Å²) in [6, 6.07) is 13.4. The van der Waals surface area contributed by atoms with Crippen molar-refractivity contribution in [3.8, 4) is 16.3 Å². The van der Waals surface area contributed by atoms with Gasteiger partial charge in [0.2, 0.25) is 0 Å². The van der Waals surface area contributed by atoms with Crippen LogP contribution in [0.15, 0.2) is 48.5 Å². The van der Waals surface area contributed by atoms with Gasteiger partial charge >= 0.3 is 5.97 Å². The molecular formula is C18H14FNO3S. The number of aromatic carboxylic acids is 1. The molecule has 1 aromatic heterocycles. The van der Waals surface area contributed by atoms with E-state index in [2.05, 4.69) is 4.98 Å². The Labute approximate surface area is 142 Å². The molecule has 0 aliphatic rings. The Balaban J connectivity index is 1.86. The van der Waals surface area contributed by atoms with Gasteiger partial charge in [-0.25, -0.2) is 14.2 Å². The van der Waals surface area contributed by atoms with Crippen molar-refractivity contribution in [2.75, 3.05) is 0 Å². The van der Waals surface area contributed by atoms with Crippen LogP contribution in [0.3, 0.4) is 0 Å². The van der Waals surface area contributed by atoms with Crippen LogP contribution in [0, 0.1) is 12.7 Å². The number of hydrogen-bond acceptors (Lipinski definition) is 4. The summed E-state index contributed by atoms with van der Waals surface area (Å²) in [5.74, 6) is -0.674. The fourth-order valence-electron chi connectivity index (χ4n) is 2.22. The second kappa shape index (κ2) is 6.80. The Morgan fingerprint density at radius 2 is 1.92 bits per heavy atom. The highest BCUT2D eigenvalue weighted by atomic mass is 32.1. The minimum absolute atomic E-state index is 0.221. The Bertz CT molecular complexity index is 874. The third kappa shape index (κ3) is 3.44. The van der Waals surface area contributed by atoms with Gasteiger partial charge in [0, 0.05) is 0 Å². The molecule has 0 unspecified atom stereocenters. The fraction of sp³-hybridized carbons (Fsp3) is 0.111. The van der Waals surface area contributed by atoms with Gasteiger partial charge < -0.3 is 9.84 Å². The highest BCUT2D eigenvalue weighted by Gasteiger charge is 2.17. The molecule has 1 heterocycles. The molecule has 0 aliphatic heterocycles. The van der Waals surface area contributed by atoms with E-state index in [9.17, 15) is 14.3 Å². The first-order chi connectivity index (χ1) is 11.5. The van der Waals surface area contributed by atoms with Crippen LogP contribution in [0.5, 0.6) is 5.75 Å². The number of halogens is 1. The molecular weight excluding hydrogens is 329 g/mol. The van der Waals surface area contributed by atoms with E-state index in [4.69, 9.17) is 4.74 Å². The SMILES string of the molecule is Cc1nc(-c2ccccc2OCc2ccc(F)cc2)sc1C(=O)O. The van der Waals surface area contributed by atoms with Gasteiger partial charge in [0.25, 0.3) is 0 Å². The summed E-state index contributed by atoms with van der Waals surface area (Å²) in [5, 5.41) is 9.78. The Morgan fingerprint density at radius 3 is 2.58 bits per heavy atom. The molecule has 0 aliphatic carbocycles. The molecule has 2 aromatic carbocycles. The summed E-state index contributed by atoms with van der Waals surface area (Å²) in [7, 11) is 0. The van der Waals surface area contributed by atoms with E-state index in [1.165, 1.54) is 12.1 Å². The number of thiazole rings is 1. The van der Waals surface area contributed by atoms with Crippen LogP contribution in [0.2, 0.25) is 0 Å². The molecule has 0 saturated carbocycles. The van der Waals surface area contributed by atoms with Crippen molar-refractivity contribution in [3.63, 3.8) is 0 Å². The maximum Gasteiger partial charge on any atom is 0.347 e. The van der Waals surface area contributed by atoms with E-state index in [1.807, 2.05) is 18.2 Å². The van der Waals surface area contributed by atoms with Gasteiger partial charge in [-0.1, -0.05) is 24.3 Å². The summed E-state index contributed by atoms with van der Waals surface area (Å²) in [6.07, 6.45) is 0. The summed E-state index contributed by atoms with van der Waals surface area (Å²) in [5.41, 5.74) is 2.06. The number of aromatic nitrogens is 1. The van der Waals surface area contributed by atoms with E-state index >= 15 is 0 Å². The topological polar surface area (TPSA) is 59.4 Å². The third-order valence-corrected chi connectivity index (χ3v) is 4.59. The Kier molecular flexibility index (Phi) is 4.57. The zero-order valence-corrected chi connectivity index (χ0v) is 13.6. The van der Waals surface area contributed by atoms with Crippen molar-refractivity contribution in [3.05, 3.63) is 70.5 Å². The summed E-state index contributed by atoms with van der Waals surface area (Å²) in [4.78, 5) is 15.8. The molecule has 1 N–H and O–H groups in total. The minimum atomic E-state index is -0.985. The van der Waals surface area contributed by atoms with Crippen molar-refractivity contribution >= 4 is 17.3 Å². The lowest BCUT2D eigenvalue weighted by Crippen LogP contribution is -1.97. The molecule has 0 atom stereocenters. The lowest BCUT2D eigenvalue weighted by atomic mass is 10.2. The first-order valence-corrected chi connectivity index (χ1v) is 8.03. The summed E-state index contributed by atoms with van der Waals surface area (Å²) >= 11 is 1.12. The minimum Gasteiger partial charge on any atom is -0.488 e. The lowest BCUT2D eigenvalue weighted by Gasteiger charge is -2.10. The number of rotatable bonds is 5. The predicted molar refractivity (Wildman–Crippen MR) is 90.0 cm³/mol. The van der Waals surface area contributed by atoms with Crippen LogP contribution in [0.4, 0.5) is 4.39 Å². The molecule has 4 nitrogen and oxygen atoms in total. The Hall–Kier alpha value is -2.73. The molecule has 3 aromatic rings. The number of carboxylic acids is 1. The highest BCUT2D eigenvalue weighted by molar-refractivity contribution is 7.17. The maximum atomic E-state index is 12.9. The van der Waals surface area contributed by atoms with Gasteiger partial charge in [-0.3, -0.25) is 0 Å². The predicted octanol–water partition coefficient (Wildman–Crippen LogP) is 4.53. The second-order valence-corrected chi connectivity index (χ2v) is 6.15. The van der Waals surface area contributed by atoms with Crippen LogP contribution in [0.25, 0.3) is 10.6 Å². The molecule has 24 heavy (non-hydrogen) atoms. The van der Waals surface area contributed by atoms with Crippen LogP contribution < -0.4 is 4.74 Å². The molecule has 3 rings (SSSR count). The molecule has 0 amide bonds. The average Bonchev–Trinajstić information content (AvgIpc) is 2.96. The monoisotopic (exact) mass is 343 g/mol. The van der Waals surface area contributed by atoms with E-state index in [1.54, 1.807) is 25.1 Å². The van der Waals surface area contributed by atoms with Crippen molar-refractivity contribution < 1.29 is 19.0 Å². The largest absolute Gasteiger partial charge is 0.488 e. The maximum absolute atomic E-state index is 12.9. The van der Waals surface area contributed by atoms with E-state index in [0.717, 1.165) is 22.5 Å². The zero-order valence-electron chi connectivity index (χ0n) is 12.8. The van der Waals surface area contributed by atoms with E-state index in [0.29, 0.717) is 16.5 Å². The van der Waals surface area contributed by atoms with Crippen LogP contribution in [0.1, 0.15) is 20.9 Å². The third-order valence-electron chi connectivity index (χ3n) is 3.42.